The highest BCUT2D eigenvalue weighted by Crippen LogP contribution is 2.21. The number of nitrogens with zero attached hydrogens (tertiary/aromatic N) is 1. The SMILES string of the molecule is CC(C)[C@H](N)C(=O)N1CCC(C(=O)Nc2ccc(Br)cc2)CC1. The number of halogens is 1. The Morgan fingerprint density at radius 2 is 1.78 bits per heavy atom. The number of carbonyl (C=O) groups is 2. The number of rotatable bonds is 4. The first-order chi connectivity index (χ1) is 10.9. The second kappa shape index (κ2) is 7.93. The summed E-state index contributed by atoms with van der Waals surface area (Å²) >= 11 is 3.37. The molecule has 3 N–H and O–H groups in total. The number of anilines is 1. The Hall–Kier alpha value is -1.40. The van der Waals surface area contributed by atoms with Crippen LogP contribution in [0.3, 0.4) is 0 Å². The Kier molecular flexibility index (Phi) is 6.18. The molecule has 0 aliphatic carbocycles. The number of hydrogen-bond acceptors (Lipinski definition) is 3. The van der Waals surface area contributed by atoms with Gasteiger partial charge in [0.05, 0.1) is 6.04 Å². The number of nitrogens with two attached hydrogens (primary N) is 1. The highest BCUT2D eigenvalue weighted by molar-refractivity contribution is 9.10. The van der Waals surface area contributed by atoms with Crippen molar-refractivity contribution >= 4 is 33.4 Å². The van der Waals surface area contributed by atoms with E-state index in [0.717, 1.165) is 10.2 Å². The number of amides is 2. The molecule has 0 aromatic heterocycles. The van der Waals surface area contributed by atoms with Gasteiger partial charge in [-0.1, -0.05) is 29.8 Å². The molecule has 23 heavy (non-hydrogen) atoms. The Morgan fingerprint density at radius 3 is 2.30 bits per heavy atom. The van der Waals surface area contributed by atoms with Gasteiger partial charge < -0.3 is 16.0 Å². The number of nitrogens with one attached hydrogen (secondary N) is 1. The number of likely N-dealkylation sites (tertiary alicyclic amines) is 1. The van der Waals surface area contributed by atoms with Crippen LogP contribution in [0.4, 0.5) is 5.69 Å². The van der Waals surface area contributed by atoms with Crippen LogP contribution in [-0.2, 0) is 9.59 Å². The molecule has 1 heterocycles. The van der Waals surface area contributed by atoms with Crippen LogP contribution in [0.2, 0.25) is 0 Å². The van der Waals surface area contributed by atoms with Gasteiger partial charge >= 0.3 is 0 Å². The fourth-order valence-corrected chi connectivity index (χ4v) is 2.90. The molecule has 0 radical (unpaired) electrons. The van der Waals surface area contributed by atoms with Crippen LogP contribution in [0.1, 0.15) is 26.7 Å². The van der Waals surface area contributed by atoms with E-state index in [1.165, 1.54) is 0 Å². The molecule has 2 amide bonds. The quantitative estimate of drug-likeness (QED) is 0.841. The first-order valence-electron chi connectivity index (χ1n) is 7.99. The predicted molar refractivity (Wildman–Crippen MR) is 94.9 cm³/mol. The second-order valence-corrected chi connectivity index (χ2v) is 7.28. The zero-order valence-corrected chi connectivity index (χ0v) is 15.2. The fraction of sp³-hybridized carbons (Fsp3) is 0.529. The zero-order chi connectivity index (χ0) is 17.0. The minimum absolute atomic E-state index is 0.00762. The van der Waals surface area contributed by atoms with Gasteiger partial charge in [0.1, 0.15) is 0 Å². The Morgan fingerprint density at radius 1 is 1.22 bits per heavy atom. The van der Waals surface area contributed by atoms with E-state index in [2.05, 4.69) is 21.2 Å². The lowest BCUT2D eigenvalue weighted by Crippen LogP contribution is -2.50. The van der Waals surface area contributed by atoms with E-state index in [-0.39, 0.29) is 23.7 Å². The van der Waals surface area contributed by atoms with Crippen LogP contribution in [-0.4, -0.2) is 35.8 Å². The maximum absolute atomic E-state index is 12.3. The molecule has 1 atom stereocenters. The molecule has 0 spiro atoms. The topological polar surface area (TPSA) is 75.4 Å². The van der Waals surface area contributed by atoms with E-state index >= 15 is 0 Å². The predicted octanol–water partition coefficient (Wildman–Crippen LogP) is 2.61. The van der Waals surface area contributed by atoms with Gasteiger partial charge in [-0.15, -0.1) is 0 Å². The summed E-state index contributed by atoms with van der Waals surface area (Å²) in [5.41, 5.74) is 6.72. The molecule has 1 saturated heterocycles. The average Bonchev–Trinajstić information content (AvgIpc) is 2.55. The number of piperidine rings is 1. The maximum Gasteiger partial charge on any atom is 0.239 e. The summed E-state index contributed by atoms with van der Waals surface area (Å²) in [6.45, 7) is 5.08. The van der Waals surface area contributed by atoms with Gasteiger partial charge in [-0.2, -0.15) is 0 Å². The third-order valence-electron chi connectivity index (χ3n) is 4.29. The molecule has 1 fully saturated rings. The first-order valence-corrected chi connectivity index (χ1v) is 8.78. The van der Waals surface area contributed by atoms with E-state index in [1.807, 2.05) is 38.1 Å². The van der Waals surface area contributed by atoms with Crippen LogP contribution in [0, 0.1) is 11.8 Å². The van der Waals surface area contributed by atoms with Crippen molar-refractivity contribution < 1.29 is 9.59 Å². The summed E-state index contributed by atoms with van der Waals surface area (Å²) < 4.78 is 0.976. The van der Waals surface area contributed by atoms with Gasteiger partial charge in [-0.3, -0.25) is 9.59 Å². The van der Waals surface area contributed by atoms with Crippen LogP contribution < -0.4 is 11.1 Å². The van der Waals surface area contributed by atoms with Gasteiger partial charge in [0.2, 0.25) is 11.8 Å². The Bertz CT molecular complexity index is 551. The van der Waals surface area contributed by atoms with Crippen molar-refractivity contribution in [1.82, 2.24) is 4.90 Å². The summed E-state index contributed by atoms with van der Waals surface area (Å²) in [5, 5.41) is 2.94. The average molecular weight is 382 g/mol. The van der Waals surface area contributed by atoms with E-state index in [0.29, 0.717) is 25.9 Å². The van der Waals surface area contributed by atoms with E-state index in [9.17, 15) is 9.59 Å². The molecular formula is C17H24BrN3O2. The van der Waals surface area contributed by atoms with Gasteiger partial charge in [-0.25, -0.2) is 0 Å². The Labute approximate surface area is 145 Å². The summed E-state index contributed by atoms with van der Waals surface area (Å²) in [6.07, 6.45) is 1.36. The first kappa shape index (κ1) is 17.9. The van der Waals surface area contributed by atoms with Gasteiger partial charge in [0.25, 0.3) is 0 Å². The third-order valence-corrected chi connectivity index (χ3v) is 4.82. The van der Waals surface area contributed by atoms with E-state index in [1.54, 1.807) is 4.90 Å². The molecule has 2 rings (SSSR count). The van der Waals surface area contributed by atoms with Crippen molar-refractivity contribution in [2.24, 2.45) is 17.6 Å². The number of carbonyl (C=O) groups excluding carboxylic acids is 2. The van der Waals surface area contributed by atoms with Gasteiger partial charge in [0.15, 0.2) is 0 Å². The molecule has 5 nitrogen and oxygen atoms in total. The van der Waals surface area contributed by atoms with Crippen LogP contribution in [0.5, 0.6) is 0 Å². The fourth-order valence-electron chi connectivity index (χ4n) is 2.64. The minimum atomic E-state index is -0.455. The lowest BCUT2D eigenvalue weighted by atomic mass is 9.94. The monoisotopic (exact) mass is 381 g/mol. The molecular weight excluding hydrogens is 358 g/mol. The zero-order valence-electron chi connectivity index (χ0n) is 13.6. The van der Waals surface area contributed by atoms with Crippen molar-refractivity contribution in [3.63, 3.8) is 0 Å². The largest absolute Gasteiger partial charge is 0.341 e. The lowest BCUT2D eigenvalue weighted by molar-refractivity contribution is -0.136. The van der Waals surface area contributed by atoms with Crippen molar-refractivity contribution in [3.05, 3.63) is 28.7 Å². The standard InChI is InChI=1S/C17H24BrN3O2/c1-11(2)15(19)17(23)21-9-7-12(8-10-21)16(22)20-14-5-3-13(18)4-6-14/h3-6,11-12,15H,7-10,19H2,1-2H3,(H,20,22)/t15-/m0/s1. The van der Waals surface area contributed by atoms with Crippen molar-refractivity contribution in [3.8, 4) is 0 Å². The molecule has 0 bridgehead atoms. The smallest absolute Gasteiger partial charge is 0.239 e. The van der Waals surface area contributed by atoms with E-state index in [4.69, 9.17) is 5.73 Å². The summed E-state index contributed by atoms with van der Waals surface area (Å²) in [5.74, 6) is 0.0817. The van der Waals surface area contributed by atoms with Gasteiger partial charge in [-0.05, 0) is 43.0 Å². The molecule has 1 aromatic carbocycles. The maximum atomic E-state index is 12.3. The molecule has 1 aliphatic heterocycles. The normalized spacial score (nSPS) is 17.2. The highest BCUT2D eigenvalue weighted by Gasteiger charge is 2.30. The molecule has 0 unspecified atom stereocenters. The van der Waals surface area contributed by atoms with Gasteiger partial charge in [0, 0.05) is 29.2 Å². The minimum Gasteiger partial charge on any atom is -0.341 e. The van der Waals surface area contributed by atoms with Crippen LogP contribution in [0.25, 0.3) is 0 Å². The van der Waals surface area contributed by atoms with Crippen LogP contribution in [0.15, 0.2) is 28.7 Å². The number of hydrogen-bond donors (Lipinski definition) is 2. The molecule has 126 valence electrons. The summed E-state index contributed by atoms with van der Waals surface area (Å²) in [6, 6.07) is 7.06. The lowest BCUT2D eigenvalue weighted by Gasteiger charge is -2.33. The van der Waals surface area contributed by atoms with E-state index < -0.39 is 6.04 Å². The van der Waals surface area contributed by atoms with Crippen molar-refractivity contribution in [2.45, 2.75) is 32.7 Å². The number of benzene rings is 1. The third kappa shape index (κ3) is 4.78. The second-order valence-electron chi connectivity index (χ2n) is 6.37. The Balaban J connectivity index is 1.85. The molecule has 0 saturated carbocycles. The highest BCUT2D eigenvalue weighted by atomic mass is 79.9. The van der Waals surface area contributed by atoms with Crippen LogP contribution >= 0.6 is 15.9 Å². The molecule has 1 aromatic rings. The molecule has 6 heteroatoms. The summed E-state index contributed by atoms with van der Waals surface area (Å²) in [4.78, 5) is 26.3. The molecule has 1 aliphatic rings. The van der Waals surface area contributed by atoms with Crippen molar-refractivity contribution in [1.29, 1.82) is 0 Å². The van der Waals surface area contributed by atoms with Crippen molar-refractivity contribution in [2.75, 3.05) is 18.4 Å². The summed E-state index contributed by atoms with van der Waals surface area (Å²) in [7, 11) is 0.